The molecule has 72 valence electrons. The molecule has 0 atom stereocenters. The van der Waals surface area contributed by atoms with Crippen LogP contribution >= 0.6 is 0 Å². The molecule has 1 aliphatic carbocycles. The Balaban J connectivity index is 0.000000217. The summed E-state index contributed by atoms with van der Waals surface area (Å²) in [5, 5.41) is 7.72. The summed E-state index contributed by atoms with van der Waals surface area (Å²) in [5.41, 5.74) is 0. The van der Waals surface area contributed by atoms with Gasteiger partial charge in [-0.25, -0.2) is 0 Å². The predicted molar refractivity (Wildman–Crippen MR) is 50.2 cm³/mol. The number of hydrogen-bond donors (Lipinski definition) is 1. The summed E-state index contributed by atoms with van der Waals surface area (Å²) in [6.07, 6.45) is 7.66. The highest BCUT2D eigenvalue weighted by atomic mass is 16.4. The molecule has 1 aliphatic rings. The summed E-state index contributed by atoms with van der Waals surface area (Å²) >= 11 is 0. The minimum atomic E-state index is -0.745. The molecule has 0 aromatic rings. The van der Waals surface area contributed by atoms with Gasteiger partial charge in [0.15, 0.2) is 0 Å². The molecule has 2 heteroatoms. The van der Waals surface area contributed by atoms with Crippen molar-refractivity contribution in [3.63, 3.8) is 0 Å². The summed E-state index contributed by atoms with van der Waals surface area (Å²) in [4.78, 5) is 9.37. The zero-order valence-electron chi connectivity index (χ0n) is 8.18. The molecule has 0 saturated heterocycles. The Morgan fingerprint density at radius 1 is 1.33 bits per heavy atom. The first-order valence-corrected chi connectivity index (χ1v) is 4.88. The molecular formula is C10H20O2. The zero-order valence-corrected chi connectivity index (χ0v) is 8.18. The van der Waals surface area contributed by atoms with Gasteiger partial charge in [-0.2, -0.15) is 0 Å². The smallest absolute Gasteiger partial charge is 0.303 e. The number of aliphatic carboxylic acids is 1. The molecule has 0 aliphatic heterocycles. The molecule has 1 N–H and O–H groups in total. The minimum Gasteiger partial charge on any atom is -0.481 e. The van der Waals surface area contributed by atoms with Crippen LogP contribution in [0.25, 0.3) is 0 Å². The summed E-state index contributed by atoms with van der Waals surface area (Å²) in [5.74, 6) is 0.291. The van der Waals surface area contributed by atoms with E-state index in [-0.39, 0.29) is 6.42 Å². The third kappa shape index (κ3) is 7.58. The fourth-order valence-corrected chi connectivity index (χ4v) is 1.31. The van der Waals surface area contributed by atoms with Gasteiger partial charge in [-0.3, -0.25) is 4.79 Å². The maximum absolute atomic E-state index is 9.37. The molecule has 0 heterocycles. The average molecular weight is 172 g/mol. The van der Waals surface area contributed by atoms with Crippen molar-refractivity contribution in [3.05, 3.63) is 0 Å². The van der Waals surface area contributed by atoms with E-state index < -0.39 is 5.97 Å². The molecule has 0 aromatic carbocycles. The maximum Gasteiger partial charge on any atom is 0.303 e. The molecule has 0 spiro atoms. The number of carboxylic acid groups (broad SMARTS) is 1. The van der Waals surface area contributed by atoms with Crippen LogP contribution in [-0.2, 0) is 4.79 Å². The molecule has 12 heavy (non-hydrogen) atoms. The van der Waals surface area contributed by atoms with E-state index in [0.717, 1.165) is 5.92 Å². The highest BCUT2D eigenvalue weighted by molar-refractivity contribution is 5.66. The van der Waals surface area contributed by atoms with Gasteiger partial charge >= 0.3 is 5.97 Å². The first kappa shape index (κ1) is 11.5. The van der Waals surface area contributed by atoms with Gasteiger partial charge in [0.1, 0.15) is 0 Å². The fourth-order valence-electron chi connectivity index (χ4n) is 1.31. The molecule has 0 unspecified atom stereocenters. The Bertz CT molecular complexity index is 115. The van der Waals surface area contributed by atoms with Gasteiger partial charge in [-0.05, 0) is 5.92 Å². The van der Waals surface area contributed by atoms with E-state index in [2.05, 4.69) is 6.92 Å². The van der Waals surface area contributed by atoms with E-state index in [1.807, 2.05) is 0 Å². The third-order valence-electron chi connectivity index (χ3n) is 2.20. The second kappa shape index (κ2) is 7.14. The van der Waals surface area contributed by atoms with E-state index in [4.69, 9.17) is 5.11 Å². The molecule has 0 amide bonds. The lowest BCUT2D eigenvalue weighted by molar-refractivity contribution is -0.136. The maximum atomic E-state index is 9.37. The predicted octanol–water partition coefficient (Wildman–Crippen LogP) is 3.07. The Morgan fingerprint density at radius 2 is 1.75 bits per heavy atom. The van der Waals surface area contributed by atoms with Crippen LogP contribution in [0.2, 0.25) is 0 Å². The van der Waals surface area contributed by atoms with E-state index in [1.54, 1.807) is 6.92 Å². The van der Waals surface area contributed by atoms with Crippen LogP contribution in [0.5, 0.6) is 0 Å². The fraction of sp³-hybridized carbons (Fsp3) is 0.900. The van der Waals surface area contributed by atoms with Crippen LogP contribution in [0.15, 0.2) is 0 Å². The van der Waals surface area contributed by atoms with Crippen molar-refractivity contribution in [3.8, 4) is 0 Å². The molecule has 0 radical (unpaired) electrons. The summed E-state index contributed by atoms with van der Waals surface area (Å²) in [7, 11) is 0. The van der Waals surface area contributed by atoms with Crippen molar-refractivity contribution in [2.45, 2.75) is 52.4 Å². The van der Waals surface area contributed by atoms with Gasteiger partial charge in [-0.15, -0.1) is 0 Å². The summed E-state index contributed by atoms with van der Waals surface area (Å²) in [6, 6.07) is 0. The SMILES string of the molecule is CC1CCCCC1.CCC(=O)O. The number of carboxylic acids is 1. The van der Waals surface area contributed by atoms with Gasteiger partial charge in [0.25, 0.3) is 0 Å². The Morgan fingerprint density at radius 3 is 1.92 bits per heavy atom. The van der Waals surface area contributed by atoms with Crippen LogP contribution in [0.3, 0.4) is 0 Å². The topological polar surface area (TPSA) is 37.3 Å². The van der Waals surface area contributed by atoms with Crippen molar-refractivity contribution < 1.29 is 9.90 Å². The van der Waals surface area contributed by atoms with Gasteiger partial charge in [-0.1, -0.05) is 46.0 Å². The monoisotopic (exact) mass is 172 g/mol. The van der Waals surface area contributed by atoms with Crippen molar-refractivity contribution >= 4 is 5.97 Å². The molecule has 0 aromatic heterocycles. The quantitative estimate of drug-likeness (QED) is 0.660. The second-order valence-electron chi connectivity index (χ2n) is 3.49. The van der Waals surface area contributed by atoms with Gasteiger partial charge in [0.05, 0.1) is 0 Å². The standard InChI is InChI=1S/C7H14.C3H6O2/c1-7-5-3-2-4-6-7;1-2-3(4)5/h7H,2-6H2,1H3;2H2,1H3,(H,4,5). The summed E-state index contributed by atoms with van der Waals surface area (Å²) in [6.45, 7) is 3.96. The third-order valence-corrected chi connectivity index (χ3v) is 2.20. The van der Waals surface area contributed by atoms with Crippen molar-refractivity contribution in [2.75, 3.05) is 0 Å². The lowest BCUT2D eigenvalue weighted by Gasteiger charge is -2.15. The van der Waals surface area contributed by atoms with Crippen LogP contribution in [0.4, 0.5) is 0 Å². The van der Waals surface area contributed by atoms with Crippen LogP contribution in [0.1, 0.15) is 52.4 Å². The molecule has 0 bridgehead atoms. The highest BCUT2D eigenvalue weighted by Gasteiger charge is 2.05. The highest BCUT2D eigenvalue weighted by Crippen LogP contribution is 2.21. The normalized spacial score (nSPS) is 17.8. The van der Waals surface area contributed by atoms with Crippen LogP contribution in [0, 0.1) is 5.92 Å². The van der Waals surface area contributed by atoms with E-state index in [0.29, 0.717) is 0 Å². The molecule has 1 saturated carbocycles. The Labute approximate surface area is 75.0 Å². The lowest BCUT2D eigenvalue weighted by atomic mass is 9.91. The van der Waals surface area contributed by atoms with E-state index in [1.165, 1.54) is 32.1 Å². The molecule has 2 nitrogen and oxygen atoms in total. The van der Waals surface area contributed by atoms with Crippen LogP contribution in [-0.4, -0.2) is 11.1 Å². The molecule has 1 rings (SSSR count). The van der Waals surface area contributed by atoms with Crippen LogP contribution < -0.4 is 0 Å². The lowest BCUT2D eigenvalue weighted by Crippen LogP contribution is -1.99. The number of rotatable bonds is 1. The molecular weight excluding hydrogens is 152 g/mol. The first-order valence-electron chi connectivity index (χ1n) is 4.88. The van der Waals surface area contributed by atoms with Crippen molar-refractivity contribution in [1.82, 2.24) is 0 Å². The van der Waals surface area contributed by atoms with Crippen molar-refractivity contribution in [2.24, 2.45) is 5.92 Å². The first-order chi connectivity index (χ1) is 5.66. The minimum absolute atomic E-state index is 0.222. The largest absolute Gasteiger partial charge is 0.481 e. The van der Waals surface area contributed by atoms with Crippen molar-refractivity contribution in [1.29, 1.82) is 0 Å². The zero-order chi connectivity index (χ0) is 9.40. The molecule has 1 fully saturated rings. The Hall–Kier alpha value is -0.530. The second-order valence-corrected chi connectivity index (χ2v) is 3.49. The van der Waals surface area contributed by atoms with Gasteiger partial charge in [0, 0.05) is 6.42 Å². The van der Waals surface area contributed by atoms with E-state index >= 15 is 0 Å². The van der Waals surface area contributed by atoms with E-state index in [9.17, 15) is 4.79 Å². The Kier molecular flexibility index (Phi) is 6.82. The number of hydrogen-bond acceptors (Lipinski definition) is 1. The number of carbonyl (C=O) groups is 1. The van der Waals surface area contributed by atoms with Gasteiger partial charge < -0.3 is 5.11 Å². The van der Waals surface area contributed by atoms with Gasteiger partial charge in [0.2, 0.25) is 0 Å². The summed E-state index contributed by atoms with van der Waals surface area (Å²) < 4.78 is 0. The average Bonchev–Trinajstić information content (AvgIpc) is 2.07.